The number of benzene rings is 1. The topological polar surface area (TPSA) is 62.8 Å². The lowest BCUT2D eigenvalue weighted by Gasteiger charge is -2.01. The van der Waals surface area contributed by atoms with Gasteiger partial charge in [-0.1, -0.05) is 6.07 Å². The van der Waals surface area contributed by atoms with Crippen LogP contribution in [-0.2, 0) is 6.54 Å². The Morgan fingerprint density at radius 2 is 2.26 bits per heavy atom. The number of H-pyrrole nitrogens is 1. The molecule has 19 heavy (non-hydrogen) atoms. The second kappa shape index (κ2) is 4.97. The van der Waals surface area contributed by atoms with Gasteiger partial charge in [0.1, 0.15) is 5.75 Å². The van der Waals surface area contributed by atoms with Crippen molar-refractivity contribution in [3.05, 3.63) is 48.3 Å². The number of aromatic nitrogens is 3. The van der Waals surface area contributed by atoms with Gasteiger partial charge in [-0.3, -0.25) is 4.98 Å². The minimum absolute atomic E-state index is 0.685. The average molecular weight is 254 g/mol. The van der Waals surface area contributed by atoms with E-state index >= 15 is 0 Å². The third-order valence-corrected chi connectivity index (χ3v) is 2.87. The van der Waals surface area contributed by atoms with Gasteiger partial charge in [0.2, 0.25) is 5.95 Å². The summed E-state index contributed by atoms with van der Waals surface area (Å²) in [4.78, 5) is 11.8. The number of ether oxygens (including phenoxy) is 1. The van der Waals surface area contributed by atoms with Crippen LogP contribution in [0.1, 0.15) is 5.56 Å². The summed E-state index contributed by atoms with van der Waals surface area (Å²) >= 11 is 0. The van der Waals surface area contributed by atoms with Gasteiger partial charge in [0.15, 0.2) is 0 Å². The molecule has 0 aliphatic heterocycles. The Hall–Kier alpha value is -2.56. The fraction of sp³-hybridized carbons (Fsp3) is 0.143. The van der Waals surface area contributed by atoms with E-state index < -0.39 is 0 Å². The van der Waals surface area contributed by atoms with E-state index in [1.54, 1.807) is 13.3 Å². The van der Waals surface area contributed by atoms with Crippen molar-refractivity contribution in [3.63, 3.8) is 0 Å². The van der Waals surface area contributed by atoms with Gasteiger partial charge < -0.3 is 15.0 Å². The number of rotatable bonds is 4. The molecule has 3 rings (SSSR count). The molecule has 0 amide bonds. The van der Waals surface area contributed by atoms with Gasteiger partial charge in [0, 0.05) is 25.0 Å². The first-order valence-corrected chi connectivity index (χ1v) is 6.02. The molecule has 0 spiro atoms. The number of hydrogen-bond donors (Lipinski definition) is 2. The van der Waals surface area contributed by atoms with Crippen LogP contribution in [0.2, 0.25) is 0 Å². The predicted molar refractivity (Wildman–Crippen MR) is 74.2 cm³/mol. The number of aromatic amines is 1. The van der Waals surface area contributed by atoms with Gasteiger partial charge >= 0.3 is 0 Å². The molecule has 5 nitrogen and oxygen atoms in total. The zero-order valence-corrected chi connectivity index (χ0v) is 10.6. The number of imidazole rings is 1. The van der Waals surface area contributed by atoms with E-state index in [0.717, 1.165) is 28.3 Å². The third-order valence-electron chi connectivity index (χ3n) is 2.87. The van der Waals surface area contributed by atoms with Crippen LogP contribution in [0.25, 0.3) is 11.0 Å². The standard InChI is InChI=1S/C14H14N4O/c1-19-11-4-5-12-13(7-11)18-14(17-12)16-9-10-3-2-6-15-8-10/h2-8H,9H2,1H3,(H2,16,17,18). The molecule has 2 aromatic heterocycles. The molecule has 2 heterocycles. The third kappa shape index (κ3) is 2.49. The highest BCUT2D eigenvalue weighted by Gasteiger charge is 2.03. The van der Waals surface area contributed by atoms with Crippen LogP contribution in [0.3, 0.4) is 0 Å². The summed E-state index contributed by atoms with van der Waals surface area (Å²) in [7, 11) is 1.65. The number of nitrogens with one attached hydrogen (secondary N) is 2. The van der Waals surface area contributed by atoms with Crippen molar-refractivity contribution in [3.8, 4) is 5.75 Å². The Bertz CT molecular complexity index is 678. The highest BCUT2D eigenvalue weighted by Crippen LogP contribution is 2.20. The minimum atomic E-state index is 0.685. The predicted octanol–water partition coefficient (Wildman–Crippen LogP) is 2.58. The largest absolute Gasteiger partial charge is 0.497 e. The molecule has 96 valence electrons. The van der Waals surface area contributed by atoms with Crippen LogP contribution in [0, 0.1) is 0 Å². The Morgan fingerprint density at radius 1 is 1.32 bits per heavy atom. The summed E-state index contributed by atoms with van der Waals surface area (Å²) < 4.78 is 5.18. The van der Waals surface area contributed by atoms with Crippen LogP contribution in [0.5, 0.6) is 5.75 Å². The number of nitrogens with zero attached hydrogens (tertiary/aromatic N) is 2. The highest BCUT2D eigenvalue weighted by molar-refractivity contribution is 5.79. The van der Waals surface area contributed by atoms with Crippen LogP contribution in [0.4, 0.5) is 5.95 Å². The van der Waals surface area contributed by atoms with Crippen molar-refractivity contribution in [2.24, 2.45) is 0 Å². The summed E-state index contributed by atoms with van der Waals surface area (Å²) in [5.41, 5.74) is 2.98. The van der Waals surface area contributed by atoms with Crippen molar-refractivity contribution in [1.82, 2.24) is 15.0 Å². The first-order valence-electron chi connectivity index (χ1n) is 6.02. The Balaban J connectivity index is 1.78. The molecule has 3 aromatic rings. The Kier molecular flexibility index (Phi) is 3.02. The van der Waals surface area contributed by atoms with Crippen molar-refractivity contribution < 1.29 is 4.74 Å². The molecule has 0 atom stereocenters. The van der Waals surface area contributed by atoms with E-state index in [4.69, 9.17) is 4.74 Å². The molecule has 0 unspecified atom stereocenters. The van der Waals surface area contributed by atoms with Gasteiger partial charge in [0.05, 0.1) is 18.1 Å². The first kappa shape index (κ1) is 11.5. The molecule has 0 aliphatic rings. The number of methoxy groups -OCH3 is 1. The normalized spacial score (nSPS) is 10.6. The minimum Gasteiger partial charge on any atom is -0.497 e. The van der Waals surface area contributed by atoms with E-state index in [9.17, 15) is 0 Å². The second-order valence-corrected chi connectivity index (χ2v) is 4.18. The molecule has 1 aromatic carbocycles. The van der Waals surface area contributed by atoms with E-state index in [1.807, 2.05) is 36.5 Å². The van der Waals surface area contributed by atoms with Crippen LogP contribution < -0.4 is 10.1 Å². The summed E-state index contributed by atoms with van der Waals surface area (Å²) in [6, 6.07) is 9.69. The number of anilines is 1. The Morgan fingerprint density at radius 3 is 3.05 bits per heavy atom. The lowest BCUT2D eigenvalue weighted by Crippen LogP contribution is -2.00. The van der Waals surface area contributed by atoms with Gasteiger partial charge in [-0.25, -0.2) is 4.98 Å². The summed E-state index contributed by atoms with van der Waals surface area (Å²) in [6.45, 7) is 0.685. The summed E-state index contributed by atoms with van der Waals surface area (Å²) in [5, 5.41) is 3.24. The molecular weight excluding hydrogens is 240 g/mol. The maximum absolute atomic E-state index is 5.18. The molecule has 0 saturated heterocycles. The quantitative estimate of drug-likeness (QED) is 0.751. The Labute approximate surface area is 110 Å². The van der Waals surface area contributed by atoms with Crippen molar-refractivity contribution in [1.29, 1.82) is 0 Å². The van der Waals surface area contributed by atoms with Gasteiger partial charge in [-0.15, -0.1) is 0 Å². The molecule has 0 fully saturated rings. The molecule has 0 radical (unpaired) electrons. The molecule has 0 bridgehead atoms. The lowest BCUT2D eigenvalue weighted by atomic mass is 10.3. The molecule has 2 N–H and O–H groups in total. The lowest BCUT2D eigenvalue weighted by molar-refractivity contribution is 0.415. The van der Waals surface area contributed by atoms with Gasteiger partial charge in [0.25, 0.3) is 0 Å². The zero-order chi connectivity index (χ0) is 13.1. The van der Waals surface area contributed by atoms with E-state index in [0.29, 0.717) is 6.54 Å². The molecule has 0 saturated carbocycles. The van der Waals surface area contributed by atoms with Gasteiger partial charge in [-0.05, 0) is 23.8 Å². The molecule has 5 heteroatoms. The maximum Gasteiger partial charge on any atom is 0.201 e. The van der Waals surface area contributed by atoms with Gasteiger partial charge in [-0.2, -0.15) is 0 Å². The fourth-order valence-corrected chi connectivity index (χ4v) is 1.89. The monoisotopic (exact) mass is 254 g/mol. The fourth-order valence-electron chi connectivity index (χ4n) is 1.89. The smallest absolute Gasteiger partial charge is 0.201 e. The van der Waals surface area contributed by atoms with Crippen molar-refractivity contribution >= 4 is 17.0 Å². The van der Waals surface area contributed by atoms with E-state index in [2.05, 4.69) is 20.3 Å². The molecule has 0 aliphatic carbocycles. The summed E-state index contributed by atoms with van der Waals surface area (Å²) in [5.74, 6) is 1.56. The van der Waals surface area contributed by atoms with Crippen molar-refractivity contribution in [2.75, 3.05) is 12.4 Å². The van der Waals surface area contributed by atoms with Crippen LogP contribution >= 0.6 is 0 Å². The zero-order valence-electron chi connectivity index (χ0n) is 10.6. The van der Waals surface area contributed by atoms with Crippen molar-refractivity contribution in [2.45, 2.75) is 6.54 Å². The number of pyridine rings is 1. The SMILES string of the molecule is COc1ccc2nc(NCc3cccnc3)[nH]c2c1. The van der Waals surface area contributed by atoms with Crippen LogP contribution in [-0.4, -0.2) is 22.1 Å². The second-order valence-electron chi connectivity index (χ2n) is 4.18. The number of fused-ring (bicyclic) bond motifs is 1. The average Bonchev–Trinajstić information content (AvgIpc) is 2.88. The molecular formula is C14H14N4O. The highest BCUT2D eigenvalue weighted by atomic mass is 16.5. The number of hydrogen-bond acceptors (Lipinski definition) is 4. The maximum atomic E-state index is 5.18. The summed E-state index contributed by atoms with van der Waals surface area (Å²) in [6.07, 6.45) is 3.59. The van der Waals surface area contributed by atoms with E-state index in [-0.39, 0.29) is 0 Å². The van der Waals surface area contributed by atoms with Crippen LogP contribution in [0.15, 0.2) is 42.7 Å². The van der Waals surface area contributed by atoms with E-state index in [1.165, 1.54) is 0 Å². The first-order chi connectivity index (χ1) is 9.35.